The first-order chi connectivity index (χ1) is 15.4. The van der Waals surface area contributed by atoms with Gasteiger partial charge in [0.25, 0.3) is 5.89 Å². The number of ether oxygens (including phenoxy) is 1. The number of aliphatic hydroxyl groups excluding tert-OH is 1. The van der Waals surface area contributed by atoms with Crippen LogP contribution >= 0.6 is 0 Å². The monoisotopic (exact) mass is 432 g/mol. The third kappa shape index (κ3) is 3.95. The molecule has 1 aliphatic rings. The lowest BCUT2D eigenvalue weighted by Gasteiger charge is -2.24. The average Bonchev–Trinajstić information content (AvgIpc) is 3.45. The van der Waals surface area contributed by atoms with Gasteiger partial charge in [-0.25, -0.2) is 0 Å². The molecular formula is C24H24N4O4. The largest absolute Gasteiger partial charge is 0.490 e. The first-order valence-corrected chi connectivity index (χ1v) is 10.5. The summed E-state index contributed by atoms with van der Waals surface area (Å²) < 4.78 is 11.2. The minimum atomic E-state index is -0.512. The van der Waals surface area contributed by atoms with Gasteiger partial charge in [0.2, 0.25) is 11.7 Å². The lowest BCUT2D eigenvalue weighted by Crippen LogP contribution is -2.32. The van der Waals surface area contributed by atoms with Crippen LogP contribution in [0.25, 0.3) is 22.8 Å². The summed E-state index contributed by atoms with van der Waals surface area (Å²) in [6.45, 7) is 3.29. The van der Waals surface area contributed by atoms with E-state index >= 15 is 0 Å². The molecule has 0 aliphatic heterocycles. The van der Waals surface area contributed by atoms with Crippen LogP contribution in [0.5, 0.6) is 5.75 Å². The highest BCUT2D eigenvalue weighted by atomic mass is 16.5. The van der Waals surface area contributed by atoms with Gasteiger partial charge in [0.15, 0.2) is 0 Å². The molecule has 1 aromatic heterocycles. The first-order valence-electron chi connectivity index (χ1n) is 10.5. The van der Waals surface area contributed by atoms with E-state index in [2.05, 4.69) is 16.2 Å². The second-order valence-corrected chi connectivity index (χ2v) is 8.00. The molecule has 1 amide bonds. The number of aromatic nitrogens is 2. The second-order valence-electron chi connectivity index (χ2n) is 8.00. The maximum Gasteiger partial charge on any atom is 0.258 e. The lowest BCUT2D eigenvalue weighted by molar-refractivity contribution is -0.135. The molecule has 8 heteroatoms. The average molecular weight is 432 g/mol. The molecule has 0 radical (unpaired) electrons. The van der Waals surface area contributed by atoms with E-state index in [1.54, 1.807) is 30.1 Å². The molecule has 32 heavy (non-hydrogen) atoms. The Hall–Kier alpha value is -3.70. The zero-order chi connectivity index (χ0) is 22.8. The Kier molecular flexibility index (Phi) is 5.93. The molecule has 164 valence electrons. The number of rotatable bonds is 6. The van der Waals surface area contributed by atoms with Gasteiger partial charge >= 0.3 is 0 Å². The van der Waals surface area contributed by atoms with E-state index in [1.165, 1.54) is 0 Å². The van der Waals surface area contributed by atoms with Crippen molar-refractivity contribution >= 4 is 5.91 Å². The van der Waals surface area contributed by atoms with Crippen LogP contribution in [0.3, 0.4) is 0 Å². The molecule has 0 saturated heterocycles. The van der Waals surface area contributed by atoms with E-state index in [-0.39, 0.29) is 18.1 Å². The van der Waals surface area contributed by atoms with Crippen LogP contribution < -0.4 is 4.74 Å². The highest BCUT2D eigenvalue weighted by molar-refractivity contribution is 5.78. The number of carbonyl (C=O) groups is 1. The van der Waals surface area contributed by atoms with Gasteiger partial charge in [-0.1, -0.05) is 23.4 Å². The molecule has 4 rings (SSSR count). The highest BCUT2D eigenvalue weighted by Gasteiger charge is 2.31. The van der Waals surface area contributed by atoms with Crippen molar-refractivity contribution in [1.29, 1.82) is 5.26 Å². The fourth-order valence-corrected chi connectivity index (χ4v) is 4.09. The highest BCUT2D eigenvalue weighted by Crippen LogP contribution is 2.40. The number of amides is 1. The molecule has 0 fully saturated rings. The number of nitriles is 1. The number of aliphatic hydroxyl groups is 1. The standard InChI is InChI=1S/C24H24N4O4/c1-14(2)31-21-10-7-15(11-16(21)12-25)24-26-23(27-32-24)19-6-4-5-18-17(19)8-9-20(18)28(3)22(30)13-29/h4-7,10-11,14,20,29H,8-9,13H2,1-3H3/t20-/m0/s1. The van der Waals surface area contributed by atoms with Crippen molar-refractivity contribution in [3.63, 3.8) is 0 Å². The number of carbonyl (C=O) groups excluding carboxylic acids is 1. The van der Waals surface area contributed by atoms with Crippen molar-refractivity contribution in [2.45, 2.75) is 38.8 Å². The number of likely N-dealkylation sites (N-methyl/N-ethyl adjacent to an activating group) is 1. The number of hydrogen-bond acceptors (Lipinski definition) is 7. The minimum absolute atomic E-state index is 0.0429. The fraction of sp³-hybridized carbons (Fsp3) is 0.333. The van der Waals surface area contributed by atoms with Crippen molar-refractivity contribution in [2.24, 2.45) is 0 Å². The van der Waals surface area contributed by atoms with Crippen LogP contribution in [0.1, 0.15) is 43.0 Å². The van der Waals surface area contributed by atoms with E-state index in [9.17, 15) is 15.2 Å². The van der Waals surface area contributed by atoms with E-state index in [1.807, 2.05) is 32.0 Å². The van der Waals surface area contributed by atoms with E-state index in [0.717, 1.165) is 29.5 Å². The van der Waals surface area contributed by atoms with Gasteiger partial charge in [0.05, 0.1) is 17.7 Å². The Balaban J connectivity index is 1.65. The van der Waals surface area contributed by atoms with Crippen LogP contribution in [-0.4, -0.2) is 45.8 Å². The van der Waals surface area contributed by atoms with Gasteiger partial charge in [-0.05, 0) is 56.0 Å². The number of fused-ring (bicyclic) bond motifs is 1. The Bertz CT molecular complexity index is 1190. The van der Waals surface area contributed by atoms with Crippen molar-refractivity contribution in [3.05, 3.63) is 53.1 Å². The Morgan fingerprint density at radius 2 is 2.19 bits per heavy atom. The second kappa shape index (κ2) is 8.81. The summed E-state index contributed by atoms with van der Waals surface area (Å²) in [5.74, 6) is 0.967. The maximum absolute atomic E-state index is 12.0. The topological polar surface area (TPSA) is 112 Å². The molecular weight excluding hydrogens is 408 g/mol. The molecule has 8 nitrogen and oxygen atoms in total. The summed E-state index contributed by atoms with van der Waals surface area (Å²) in [6.07, 6.45) is 1.49. The van der Waals surface area contributed by atoms with Gasteiger partial charge in [-0.2, -0.15) is 10.2 Å². The van der Waals surface area contributed by atoms with E-state index < -0.39 is 6.61 Å². The van der Waals surface area contributed by atoms with Gasteiger partial charge in [0.1, 0.15) is 18.4 Å². The van der Waals surface area contributed by atoms with Gasteiger partial charge in [0, 0.05) is 18.2 Å². The summed E-state index contributed by atoms with van der Waals surface area (Å²) in [5.41, 5.74) is 3.98. The molecule has 0 saturated carbocycles. The third-order valence-electron chi connectivity index (χ3n) is 5.61. The summed E-state index contributed by atoms with van der Waals surface area (Å²) in [5, 5.41) is 22.8. The molecule has 1 atom stereocenters. The summed E-state index contributed by atoms with van der Waals surface area (Å²) in [6, 6.07) is 13.1. The van der Waals surface area contributed by atoms with Gasteiger partial charge < -0.3 is 19.3 Å². The predicted octanol–water partition coefficient (Wildman–Crippen LogP) is 3.50. The molecule has 3 aromatic rings. The predicted molar refractivity (Wildman–Crippen MR) is 117 cm³/mol. The van der Waals surface area contributed by atoms with Crippen molar-refractivity contribution in [3.8, 4) is 34.7 Å². The minimum Gasteiger partial charge on any atom is -0.490 e. The van der Waals surface area contributed by atoms with Gasteiger partial charge in [-0.15, -0.1) is 0 Å². The SMILES string of the molecule is CC(C)Oc1ccc(-c2nc(-c3cccc4c3CC[C@@H]4N(C)C(=O)CO)no2)cc1C#N. The maximum atomic E-state index is 12.0. The summed E-state index contributed by atoms with van der Waals surface area (Å²) in [4.78, 5) is 18.1. The Morgan fingerprint density at radius 3 is 2.91 bits per heavy atom. The lowest BCUT2D eigenvalue weighted by atomic mass is 10.0. The van der Waals surface area contributed by atoms with Crippen LogP contribution in [0.2, 0.25) is 0 Å². The van der Waals surface area contributed by atoms with Crippen LogP contribution in [0.15, 0.2) is 40.9 Å². The van der Waals surface area contributed by atoms with E-state index in [0.29, 0.717) is 28.6 Å². The normalized spacial score (nSPS) is 14.8. The number of nitrogens with zero attached hydrogens (tertiary/aromatic N) is 4. The number of hydrogen-bond donors (Lipinski definition) is 1. The first kappa shape index (κ1) is 21.5. The van der Waals surface area contributed by atoms with Crippen LogP contribution in [0, 0.1) is 11.3 Å². The van der Waals surface area contributed by atoms with E-state index in [4.69, 9.17) is 9.26 Å². The molecule has 0 unspecified atom stereocenters. The number of benzene rings is 2. The Labute approximate surface area is 186 Å². The van der Waals surface area contributed by atoms with Crippen molar-refractivity contribution < 1.29 is 19.2 Å². The Morgan fingerprint density at radius 1 is 1.38 bits per heavy atom. The fourth-order valence-electron chi connectivity index (χ4n) is 4.09. The smallest absolute Gasteiger partial charge is 0.258 e. The molecule has 0 bridgehead atoms. The van der Waals surface area contributed by atoms with Crippen molar-refractivity contribution in [2.75, 3.05) is 13.7 Å². The van der Waals surface area contributed by atoms with Crippen LogP contribution in [0.4, 0.5) is 0 Å². The van der Waals surface area contributed by atoms with Gasteiger partial charge in [-0.3, -0.25) is 4.79 Å². The molecule has 1 aliphatic carbocycles. The molecule has 0 spiro atoms. The molecule has 1 heterocycles. The zero-order valence-corrected chi connectivity index (χ0v) is 18.2. The summed E-state index contributed by atoms with van der Waals surface area (Å²) >= 11 is 0. The molecule has 2 aromatic carbocycles. The third-order valence-corrected chi connectivity index (χ3v) is 5.61. The quantitative estimate of drug-likeness (QED) is 0.634. The zero-order valence-electron chi connectivity index (χ0n) is 18.2. The van der Waals surface area contributed by atoms with Crippen molar-refractivity contribution in [1.82, 2.24) is 15.0 Å². The van der Waals surface area contributed by atoms with Crippen LogP contribution in [-0.2, 0) is 11.2 Å². The summed E-state index contributed by atoms with van der Waals surface area (Å²) in [7, 11) is 1.71. The molecule has 1 N–H and O–H groups in total.